The van der Waals surface area contributed by atoms with Crippen molar-refractivity contribution in [1.29, 1.82) is 5.26 Å². The molecule has 0 atom stereocenters. The maximum absolute atomic E-state index is 12.6. The SMILES string of the molecule is COc1cc(C=C(C#N)C(=O)Nc2ccc([N+](=O)[O-])cc2Cl)cc(Br)c1OCc1ccccc1Cl. The summed E-state index contributed by atoms with van der Waals surface area (Å²) in [6.45, 7) is 0.200. The molecule has 11 heteroatoms. The second-order valence-corrected chi connectivity index (χ2v) is 8.63. The Kier molecular flexibility index (Phi) is 8.71. The molecule has 3 aromatic carbocycles. The molecule has 0 fully saturated rings. The zero-order valence-electron chi connectivity index (χ0n) is 18.1. The third-order valence-electron chi connectivity index (χ3n) is 4.67. The van der Waals surface area contributed by atoms with Gasteiger partial charge in [0.2, 0.25) is 0 Å². The summed E-state index contributed by atoms with van der Waals surface area (Å²) in [5.41, 5.74) is 0.960. The molecule has 0 aliphatic heterocycles. The van der Waals surface area contributed by atoms with Crippen LogP contribution in [0.1, 0.15) is 11.1 Å². The second kappa shape index (κ2) is 11.7. The van der Waals surface area contributed by atoms with Gasteiger partial charge in [0.05, 0.1) is 27.2 Å². The van der Waals surface area contributed by atoms with Gasteiger partial charge in [0.25, 0.3) is 11.6 Å². The van der Waals surface area contributed by atoms with Gasteiger partial charge in [-0.1, -0.05) is 41.4 Å². The van der Waals surface area contributed by atoms with Gasteiger partial charge >= 0.3 is 0 Å². The molecule has 0 spiro atoms. The summed E-state index contributed by atoms with van der Waals surface area (Å²) in [5.74, 6) is 0.0522. The number of ether oxygens (including phenoxy) is 2. The lowest BCUT2D eigenvalue weighted by atomic mass is 10.1. The van der Waals surface area contributed by atoms with E-state index in [2.05, 4.69) is 21.2 Å². The number of rotatable bonds is 8. The Morgan fingerprint density at radius 1 is 1.20 bits per heavy atom. The summed E-state index contributed by atoms with van der Waals surface area (Å²) >= 11 is 15.6. The van der Waals surface area contributed by atoms with Gasteiger partial charge in [-0.25, -0.2) is 0 Å². The number of nitrogens with zero attached hydrogens (tertiary/aromatic N) is 2. The lowest BCUT2D eigenvalue weighted by molar-refractivity contribution is -0.384. The number of benzene rings is 3. The Bertz CT molecular complexity index is 1370. The minimum Gasteiger partial charge on any atom is -0.493 e. The predicted octanol–water partition coefficient (Wildman–Crippen LogP) is 6.80. The standard InChI is InChI=1S/C24H16BrCl2N3O5/c1-34-22-10-14(9-18(25)23(22)35-13-15-4-2-3-5-19(15)26)8-16(12-28)24(31)29-21-7-6-17(30(32)33)11-20(21)27/h2-11H,13H2,1H3,(H,29,31). The second-order valence-electron chi connectivity index (χ2n) is 6.96. The highest BCUT2D eigenvalue weighted by Gasteiger charge is 2.17. The number of nitro groups is 1. The van der Waals surface area contributed by atoms with Crippen LogP contribution < -0.4 is 14.8 Å². The highest BCUT2D eigenvalue weighted by atomic mass is 79.9. The van der Waals surface area contributed by atoms with Crippen LogP contribution >= 0.6 is 39.1 Å². The average Bonchev–Trinajstić information content (AvgIpc) is 2.83. The van der Waals surface area contributed by atoms with Crippen LogP contribution in [-0.2, 0) is 11.4 Å². The van der Waals surface area contributed by atoms with Crippen molar-refractivity contribution in [2.75, 3.05) is 12.4 Å². The molecule has 0 aliphatic carbocycles. The lowest BCUT2D eigenvalue weighted by Gasteiger charge is -2.14. The van der Waals surface area contributed by atoms with Crippen molar-refractivity contribution in [3.63, 3.8) is 0 Å². The molecule has 0 heterocycles. The van der Waals surface area contributed by atoms with E-state index < -0.39 is 10.8 Å². The van der Waals surface area contributed by atoms with E-state index in [1.165, 1.54) is 25.3 Å². The number of anilines is 1. The summed E-state index contributed by atoms with van der Waals surface area (Å²) in [5, 5.41) is 23.4. The molecule has 0 bridgehead atoms. The van der Waals surface area contributed by atoms with Gasteiger partial charge in [0.15, 0.2) is 11.5 Å². The summed E-state index contributed by atoms with van der Waals surface area (Å²) < 4.78 is 11.9. The number of methoxy groups -OCH3 is 1. The fraction of sp³-hybridized carbons (Fsp3) is 0.0833. The molecule has 178 valence electrons. The lowest BCUT2D eigenvalue weighted by Crippen LogP contribution is -2.13. The molecule has 3 rings (SSSR count). The molecule has 0 aliphatic rings. The van der Waals surface area contributed by atoms with Gasteiger partial charge in [-0.15, -0.1) is 0 Å². The fourth-order valence-electron chi connectivity index (χ4n) is 2.95. The van der Waals surface area contributed by atoms with Gasteiger partial charge in [0, 0.05) is 22.7 Å². The summed E-state index contributed by atoms with van der Waals surface area (Å²) in [6, 6.07) is 16.0. The minimum atomic E-state index is -0.739. The smallest absolute Gasteiger partial charge is 0.271 e. The number of nitro benzene ring substituents is 1. The van der Waals surface area contributed by atoms with Crippen LogP contribution in [0.25, 0.3) is 6.08 Å². The van der Waals surface area contributed by atoms with Crippen LogP contribution in [0.4, 0.5) is 11.4 Å². The van der Waals surface area contributed by atoms with Crippen LogP contribution in [0.3, 0.4) is 0 Å². The summed E-state index contributed by atoms with van der Waals surface area (Å²) in [7, 11) is 1.46. The zero-order valence-corrected chi connectivity index (χ0v) is 21.1. The first-order valence-corrected chi connectivity index (χ1v) is 11.4. The highest BCUT2D eigenvalue weighted by Crippen LogP contribution is 2.38. The Morgan fingerprint density at radius 2 is 1.94 bits per heavy atom. The van der Waals surface area contributed by atoms with E-state index in [4.69, 9.17) is 32.7 Å². The number of nitriles is 1. The number of carbonyl (C=O) groups excluding carboxylic acids is 1. The average molecular weight is 577 g/mol. The van der Waals surface area contributed by atoms with Crippen molar-refractivity contribution in [2.24, 2.45) is 0 Å². The van der Waals surface area contributed by atoms with Crippen molar-refractivity contribution >= 4 is 62.5 Å². The minimum absolute atomic E-state index is 0.0331. The fourth-order valence-corrected chi connectivity index (χ4v) is 3.94. The number of amides is 1. The van der Waals surface area contributed by atoms with Crippen LogP contribution in [0.5, 0.6) is 11.5 Å². The van der Waals surface area contributed by atoms with E-state index in [0.717, 1.165) is 11.6 Å². The van der Waals surface area contributed by atoms with Crippen LogP contribution in [-0.4, -0.2) is 17.9 Å². The van der Waals surface area contributed by atoms with E-state index in [-0.39, 0.29) is 28.6 Å². The van der Waals surface area contributed by atoms with Gasteiger partial charge in [-0.05, 0) is 51.8 Å². The van der Waals surface area contributed by atoms with Gasteiger partial charge in [0.1, 0.15) is 18.2 Å². The number of nitrogens with one attached hydrogen (secondary N) is 1. The predicted molar refractivity (Wildman–Crippen MR) is 137 cm³/mol. The van der Waals surface area contributed by atoms with E-state index in [1.807, 2.05) is 24.3 Å². The first-order chi connectivity index (χ1) is 16.7. The Balaban J connectivity index is 1.83. The normalized spacial score (nSPS) is 10.9. The molecule has 0 saturated carbocycles. The van der Waals surface area contributed by atoms with Crippen LogP contribution in [0.15, 0.2) is 64.6 Å². The van der Waals surface area contributed by atoms with E-state index in [1.54, 1.807) is 18.2 Å². The van der Waals surface area contributed by atoms with Gasteiger partial charge in [-0.2, -0.15) is 5.26 Å². The largest absolute Gasteiger partial charge is 0.493 e. The van der Waals surface area contributed by atoms with Crippen molar-refractivity contribution < 1.29 is 19.2 Å². The monoisotopic (exact) mass is 575 g/mol. The van der Waals surface area contributed by atoms with Crippen molar-refractivity contribution in [3.05, 3.63) is 95.9 Å². The van der Waals surface area contributed by atoms with E-state index >= 15 is 0 Å². The van der Waals surface area contributed by atoms with Crippen LogP contribution in [0, 0.1) is 21.4 Å². The number of halogens is 3. The maximum atomic E-state index is 12.6. The molecular weight excluding hydrogens is 561 g/mol. The molecular formula is C24H16BrCl2N3O5. The molecule has 3 aromatic rings. The number of hydrogen-bond donors (Lipinski definition) is 1. The molecule has 1 N–H and O–H groups in total. The van der Waals surface area contributed by atoms with E-state index in [9.17, 15) is 20.2 Å². The Labute approximate surface area is 219 Å². The first kappa shape index (κ1) is 26.0. The highest BCUT2D eigenvalue weighted by molar-refractivity contribution is 9.10. The molecule has 35 heavy (non-hydrogen) atoms. The van der Waals surface area contributed by atoms with Crippen LogP contribution in [0.2, 0.25) is 10.0 Å². The van der Waals surface area contributed by atoms with E-state index in [0.29, 0.717) is 26.6 Å². The number of non-ortho nitro benzene ring substituents is 1. The summed E-state index contributed by atoms with van der Waals surface area (Å²) in [4.78, 5) is 22.9. The topological polar surface area (TPSA) is 114 Å². The first-order valence-electron chi connectivity index (χ1n) is 9.84. The number of hydrogen-bond acceptors (Lipinski definition) is 6. The third kappa shape index (κ3) is 6.51. The quantitative estimate of drug-likeness (QED) is 0.136. The summed E-state index contributed by atoms with van der Waals surface area (Å²) in [6.07, 6.45) is 1.36. The van der Waals surface area contributed by atoms with Gasteiger partial charge in [-0.3, -0.25) is 14.9 Å². The molecule has 8 nitrogen and oxygen atoms in total. The molecule has 0 saturated heterocycles. The Morgan fingerprint density at radius 3 is 2.57 bits per heavy atom. The zero-order chi connectivity index (χ0) is 25.5. The Hall–Kier alpha value is -3.58. The van der Waals surface area contributed by atoms with Crippen molar-refractivity contribution in [3.8, 4) is 17.6 Å². The van der Waals surface area contributed by atoms with Crippen molar-refractivity contribution in [2.45, 2.75) is 6.61 Å². The molecule has 0 radical (unpaired) electrons. The van der Waals surface area contributed by atoms with Crippen molar-refractivity contribution in [1.82, 2.24) is 0 Å². The number of carbonyl (C=O) groups is 1. The third-order valence-corrected chi connectivity index (χ3v) is 5.94. The molecule has 0 unspecified atom stereocenters. The maximum Gasteiger partial charge on any atom is 0.271 e. The molecule has 1 amide bonds. The molecule has 0 aromatic heterocycles. The van der Waals surface area contributed by atoms with Gasteiger partial charge < -0.3 is 14.8 Å².